The van der Waals surface area contributed by atoms with Crippen molar-refractivity contribution in [2.75, 3.05) is 32.8 Å². The lowest BCUT2D eigenvalue weighted by molar-refractivity contribution is -0.149. The molecule has 1 aromatic carbocycles. The molecule has 2 fully saturated rings. The molecule has 25 heavy (non-hydrogen) atoms. The maximum absolute atomic E-state index is 12.8. The average molecular weight is 360 g/mol. The Labute approximate surface area is 149 Å². The maximum atomic E-state index is 12.8. The first-order valence-electron chi connectivity index (χ1n) is 8.64. The van der Waals surface area contributed by atoms with Crippen LogP contribution in [-0.2, 0) is 9.53 Å². The molecule has 0 spiro atoms. The van der Waals surface area contributed by atoms with Gasteiger partial charge in [-0.15, -0.1) is 0 Å². The molecule has 0 saturated carbocycles. The minimum atomic E-state index is -0.555. The fourth-order valence-electron chi connectivity index (χ4n) is 3.40. The van der Waals surface area contributed by atoms with E-state index in [4.69, 9.17) is 4.74 Å². The number of carbonyl (C=O) groups excluding carboxylic acids is 2. The van der Waals surface area contributed by atoms with Crippen LogP contribution in [0.1, 0.15) is 29.6 Å². The molecule has 1 aromatic heterocycles. The summed E-state index contributed by atoms with van der Waals surface area (Å²) in [7, 11) is 0. The van der Waals surface area contributed by atoms with Gasteiger partial charge >= 0.3 is 0 Å². The van der Waals surface area contributed by atoms with Crippen molar-refractivity contribution in [2.24, 2.45) is 0 Å². The monoisotopic (exact) mass is 360 g/mol. The molecule has 0 bridgehead atoms. The van der Waals surface area contributed by atoms with Gasteiger partial charge in [0, 0.05) is 25.2 Å². The van der Waals surface area contributed by atoms with E-state index >= 15 is 0 Å². The fraction of sp³-hybridized carbons (Fsp3) is 0.529. The van der Waals surface area contributed by atoms with Crippen LogP contribution in [0.5, 0.6) is 0 Å². The normalized spacial score (nSPS) is 21.5. The summed E-state index contributed by atoms with van der Waals surface area (Å²) in [5.74, 6) is -0.0778. The lowest BCUT2D eigenvalue weighted by atomic mass is 10.1. The highest BCUT2D eigenvalue weighted by molar-refractivity contribution is 7.00. The fourth-order valence-corrected chi connectivity index (χ4v) is 3.92. The quantitative estimate of drug-likeness (QED) is 0.812. The zero-order valence-corrected chi connectivity index (χ0v) is 14.7. The molecule has 0 N–H and O–H groups in total. The van der Waals surface area contributed by atoms with E-state index in [1.807, 2.05) is 11.0 Å². The molecule has 0 radical (unpaired) electrons. The highest BCUT2D eigenvalue weighted by atomic mass is 32.1. The van der Waals surface area contributed by atoms with E-state index < -0.39 is 6.10 Å². The topological polar surface area (TPSA) is 75.6 Å². The predicted octanol–water partition coefficient (Wildman–Crippen LogP) is 1.54. The number of piperidine rings is 1. The molecule has 0 aliphatic carbocycles. The number of carbonyl (C=O) groups is 2. The highest BCUT2D eigenvalue weighted by Crippen LogP contribution is 2.18. The third-order valence-electron chi connectivity index (χ3n) is 4.80. The molecule has 0 unspecified atom stereocenters. The van der Waals surface area contributed by atoms with Crippen molar-refractivity contribution in [1.82, 2.24) is 18.5 Å². The Bertz CT molecular complexity index is 787. The number of amides is 2. The first-order chi connectivity index (χ1) is 12.2. The molecule has 8 heteroatoms. The molecule has 2 aliphatic rings. The lowest BCUT2D eigenvalue weighted by Crippen LogP contribution is -2.53. The zero-order valence-electron chi connectivity index (χ0n) is 13.9. The van der Waals surface area contributed by atoms with E-state index in [2.05, 4.69) is 8.75 Å². The number of benzene rings is 1. The average Bonchev–Trinajstić information content (AvgIpc) is 3.15. The molecule has 2 aromatic rings. The summed E-state index contributed by atoms with van der Waals surface area (Å²) < 4.78 is 14.0. The first kappa shape index (κ1) is 16.4. The van der Waals surface area contributed by atoms with Crippen LogP contribution in [0.2, 0.25) is 0 Å². The first-order valence-corrected chi connectivity index (χ1v) is 9.37. The molecular weight excluding hydrogens is 340 g/mol. The Morgan fingerprint density at radius 1 is 1.04 bits per heavy atom. The van der Waals surface area contributed by atoms with Crippen molar-refractivity contribution in [3.63, 3.8) is 0 Å². The van der Waals surface area contributed by atoms with Gasteiger partial charge in [0.2, 0.25) is 0 Å². The van der Waals surface area contributed by atoms with Crippen molar-refractivity contribution < 1.29 is 14.3 Å². The SMILES string of the molecule is O=C(c1ccc2nsnc2c1)N1CCO[C@H](C(=O)N2CCCCC2)C1. The molecule has 2 amide bonds. The van der Waals surface area contributed by atoms with Crippen molar-refractivity contribution >= 4 is 34.6 Å². The Hall–Kier alpha value is -2.06. The maximum Gasteiger partial charge on any atom is 0.254 e. The van der Waals surface area contributed by atoms with Crippen LogP contribution < -0.4 is 0 Å². The number of rotatable bonds is 2. The number of aromatic nitrogens is 2. The van der Waals surface area contributed by atoms with Gasteiger partial charge < -0.3 is 14.5 Å². The van der Waals surface area contributed by atoms with Crippen LogP contribution in [0.15, 0.2) is 18.2 Å². The van der Waals surface area contributed by atoms with Crippen LogP contribution in [-0.4, -0.2) is 69.3 Å². The summed E-state index contributed by atoms with van der Waals surface area (Å²) in [6.07, 6.45) is 2.71. The van der Waals surface area contributed by atoms with Gasteiger partial charge in [0.25, 0.3) is 11.8 Å². The number of fused-ring (bicyclic) bond motifs is 1. The van der Waals surface area contributed by atoms with Gasteiger partial charge in [0.05, 0.1) is 24.9 Å². The van der Waals surface area contributed by atoms with Gasteiger partial charge in [-0.2, -0.15) is 8.75 Å². The predicted molar refractivity (Wildman–Crippen MR) is 93.5 cm³/mol. The molecule has 2 saturated heterocycles. The standard InChI is InChI=1S/C17H20N4O3S/c22-16(12-4-5-13-14(10-12)19-25-18-13)21-8-9-24-15(11-21)17(23)20-6-2-1-3-7-20/h4-5,10,15H,1-3,6-9,11H2/t15-/m0/s1. The smallest absolute Gasteiger partial charge is 0.254 e. The van der Waals surface area contributed by atoms with E-state index in [0.717, 1.165) is 48.7 Å². The number of hydrogen-bond acceptors (Lipinski definition) is 6. The van der Waals surface area contributed by atoms with Gasteiger partial charge in [-0.05, 0) is 37.5 Å². The number of ether oxygens (including phenoxy) is 1. The Balaban J connectivity index is 1.46. The van der Waals surface area contributed by atoms with Gasteiger partial charge in [-0.1, -0.05) is 0 Å². The Morgan fingerprint density at radius 3 is 2.68 bits per heavy atom. The lowest BCUT2D eigenvalue weighted by Gasteiger charge is -2.36. The summed E-state index contributed by atoms with van der Waals surface area (Å²) in [6, 6.07) is 5.34. The van der Waals surface area contributed by atoms with Crippen LogP contribution in [0.4, 0.5) is 0 Å². The molecule has 4 rings (SSSR count). The molecule has 1 atom stereocenters. The third kappa shape index (κ3) is 3.36. The summed E-state index contributed by atoms with van der Waals surface area (Å²) in [4.78, 5) is 29.0. The summed E-state index contributed by atoms with van der Waals surface area (Å²) in [5, 5.41) is 0. The van der Waals surface area contributed by atoms with E-state index in [-0.39, 0.29) is 11.8 Å². The molecule has 3 heterocycles. The van der Waals surface area contributed by atoms with Gasteiger partial charge in [-0.3, -0.25) is 9.59 Å². The van der Waals surface area contributed by atoms with Gasteiger partial charge in [0.1, 0.15) is 11.0 Å². The second-order valence-electron chi connectivity index (χ2n) is 6.46. The highest BCUT2D eigenvalue weighted by Gasteiger charge is 2.33. The summed E-state index contributed by atoms with van der Waals surface area (Å²) in [5.41, 5.74) is 2.10. The molecular formula is C17H20N4O3S. The Kier molecular flexibility index (Phi) is 4.63. The van der Waals surface area contributed by atoms with Crippen molar-refractivity contribution in [2.45, 2.75) is 25.4 Å². The van der Waals surface area contributed by atoms with Crippen LogP contribution in [0.25, 0.3) is 11.0 Å². The molecule has 2 aliphatic heterocycles. The van der Waals surface area contributed by atoms with Crippen molar-refractivity contribution in [3.05, 3.63) is 23.8 Å². The largest absolute Gasteiger partial charge is 0.365 e. The van der Waals surface area contributed by atoms with Gasteiger partial charge in [0.15, 0.2) is 6.10 Å². The van der Waals surface area contributed by atoms with E-state index in [1.165, 1.54) is 6.42 Å². The van der Waals surface area contributed by atoms with Crippen LogP contribution in [0.3, 0.4) is 0 Å². The number of likely N-dealkylation sites (tertiary alicyclic amines) is 1. The minimum Gasteiger partial charge on any atom is -0.365 e. The van der Waals surface area contributed by atoms with E-state index in [1.54, 1.807) is 17.0 Å². The van der Waals surface area contributed by atoms with Gasteiger partial charge in [-0.25, -0.2) is 0 Å². The molecule has 7 nitrogen and oxygen atoms in total. The van der Waals surface area contributed by atoms with Crippen molar-refractivity contribution in [3.8, 4) is 0 Å². The van der Waals surface area contributed by atoms with E-state index in [0.29, 0.717) is 25.3 Å². The number of nitrogens with zero attached hydrogens (tertiary/aromatic N) is 4. The number of morpholine rings is 1. The third-order valence-corrected chi connectivity index (χ3v) is 5.35. The summed E-state index contributed by atoms with van der Waals surface area (Å²) >= 11 is 1.13. The van der Waals surface area contributed by atoms with Crippen LogP contribution in [0, 0.1) is 0 Å². The second kappa shape index (κ2) is 7.05. The van der Waals surface area contributed by atoms with E-state index in [9.17, 15) is 9.59 Å². The van der Waals surface area contributed by atoms with Crippen LogP contribution >= 0.6 is 11.7 Å². The Morgan fingerprint density at radius 2 is 1.84 bits per heavy atom. The van der Waals surface area contributed by atoms with Crippen molar-refractivity contribution in [1.29, 1.82) is 0 Å². The summed E-state index contributed by atoms with van der Waals surface area (Å²) in [6.45, 7) is 2.77. The molecule has 132 valence electrons. The minimum absolute atomic E-state index is 0.0105. The second-order valence-corrected chi connectivity index (χ2v) is 6.99. The number of hydrogen-bond donors (Lipinski definition) is 0. The zero-order chi connectivity index (χ0) is 17.2.